The maximum Gasteiger partial charge on any atom is 0.268 e. The van der Waals surface area contributed by atoms with Gasteiger partial charge in [0.1, 0.15) is 5.69 Å². The van der Waals surface area contributed by atoms with Crippen LogP contribution < -0.4 is 5.32 Å². The summed E-state index contributed by atoms with van der Waals surface area (Å²) < 4.78 is 0. The van der Waals surface area contributed by atoms with Crippen molar-refractivity contribution in [2.45, 2.75) is 39.8 Å². The van der Waals surface area contributed by atoms with Crippen molar-refractivity contribution in [3.8, 4) is 0 Å². The maximum absolute atomic E-state index is 12.4. The average molecular weight is 287 g/mol. The molecular formula is C16H21N3O2. The fourth-order valence-corrected chi connectivity index (χ4v) is 2.59. The molecule has 0 aromatic carbocycles. The number of carbonyl (C=O) groups is 1. The SMILES string of the molecule is Cc1[nH]c(C(=O)N[C@@H](C)c2ccccn2)c(C)c1[C@@H](C)O. The molecule has 0 radical (unpaired) electrons. The van der Waals surface area contributed by atoms with Crippen LogP contribution in [0.3, 0.4) is 0 Å². The molecule has 0 aliphatic rings. The Morgan fingerprint density at radius 3 is 2.57 bits per heavy atom. The van der Waals surface area contributed by atoms with Gasteiger partial charge in [0, 0.05) is 17.5 Å². The Labute approximate surface area is 124 Å². The van der Waals surface area contributed by atoms with Crippen molar-refractivity contribution in [2.75, 3.05) is 0 Å². The van der Waals surface area contributed by atoms with Crippen molar-refractivity contribution < 1.29 is 9.90 Å². The Morgan fingerprint density at radius 2 is 2.05 bits per heavy atom. The van der Waals surface area contributed by atoms with Crippen molar-refractivity contribution >= 4 is 5.91 Å². The molecule has 0 saturated heterocycles. The molecule has 2 aromatic heterocycles. The van der Waals surface area contributed by atoms with Crippen molar-refractivity contribution in [3.63, 3.8) is 0 Å². The second-order valence-corrected chi connectivity index (χ2v) is 5.29. The van der Waals surface area contributed by atoms with Crippen molar-refractivity contribution in [1.29, 1.82) is 0 Å². The van der Waals surface area contributed by atoms with Crippen LogP contribution in [0.4, 0.5) is 0 Å². The molecule has 5 nitrogen and oxygen atoms in total. The Hall–Kier alpha value is -2.14. The number of hydrogen-bond donors (Lipinski definition) is 3. The van der Waals surface area contributed by atoms with Crippen LogP contribution in [0.15, 0.2) is 24.4 Å². The third-order valence-corrected chi connectivity index (χ3v) is 3.62. The molecule has 0 fully saturated rings. The van der Waals surface area contributed by atoms with Crippen molar-refractivity contribution in [3.05, 3.63) is 52.6 Å². The third-order valence-electron chi connectivity index (χ3n) is 3.62. The normalized spacial score (nSPS) is 13.8. The van der Waals surface area contributed by atoms with Crippen LogP contribution >= 0.6 is 0 Å². The number of nitrogens with zero attached hydrogens (tertiary/aromatic N) is 1. The van der Waals surface area contributed by atoms with Crippen LogP contribution in [0.5, 0.6) is 0 Å². The minimum Gasteiger partial charge on any atom is -0.389 e. The maximum atomic E-state index is 12.4. The highest BCUT2D eigenvalue weighted by molar-refractivity contribution is 5.94. The Morgan fingerprint density at radius 1 is 1.33 bits per heavy atom. The van der Waals surface area contributed by atoms with Gasteiger partial charge in [-0.2, -0.15) is 0 Å². The summed E-state index contributed by atoms with van der Waals surface area (Å²) in [6.07, 6.45) is 1.10. The van der Waals surface area contributed by atoms with E-state index in [1.807, 2.05) is 39.0 Å². The predicted molar refractivity (Wildman–Crippen MR) is 81.0 cm³/mol. The number of pyridine rings is 1. The van der Waals surface area contributed by atoms with E-state index in [0.29, 0.717) is 5.69 Å². The van der Waals surface area contributed by atoms with Crippen LogP contribution in [-0.4, -0.2) is 21.0 Å². The second kappa shape index (κ2) is 6.10. The van der Waals surface area contributed by atoms with E-state index in [0.717, 1.165) is 22.5 Å². The molecule has 0 spiro atoms. The fourth-order valence-electron chi connectivity index (χ4n) is 2.59. The van der Waals surface area contributed by atoms with Crippen molar-refractivity contribution in [2.24, 2.45) is 0 Å². The number of aliphatic hydroxyl groups excluding tert-OH is 1. The van der Waals surface area contributed by atoms with Gasteiger partial charge in [-0.05, 0) is 45.4 Å². The highest BCUT2D eigenvalue weighted by Crippen LogP contribution is 2.24. The molecule has 1 amide bonds. The van der Waals surface area contributed by atoms with E-state index in [1.165, 1.54) is 0 Å². The number of aliphatic hydroxyl groups is 1. The van der Waals surface area contributed by atoms with Gasteiger partial charge in [-0.25, -0.2) is 0 Å². The average Bonchev–Trinajstić information content (AvgIpc) is 2.75. The van der Waals surface area contributed by atoms with E-state index in [2.05, 4.69) is 15.3 Å². The molecule has 2 heterocycles. The molecule has 2 rings (SSSR count). The van der Waals surface area contributed by atoms with E-state index in [9.17, 15) is 9.90 Å². The number of rotatable bonds is 4. The van der Waals surface area contributed by atoms with E-state index in [-0.39, 0.29) is 11.9 Å². The molecule has 0 bridgehead atoms. The van der Waals surface area contributed by atoms with Gasteiger partial charge in [0.2, 0.25) is 0 Å². The Balaban J connectivity index is 2.20. The summed E-state index contributed by atoms with van der Waals surface area (Å²) in [5, 5.41) is 12.7. The topological polar surface area (TPSA) is 78.0 Å². The number of carbonyl (C=O) groups excluding carboxylic acids is 1. The van der Waals surface area contributed by atoms with Gasteiger partial charge in [-0.15, -0.1) is 0 Å². The summed E-state index contributed by atoms with van der Waals surface area (Å²) in [7, 11) is 0. The standard InChI is InChI=1S/C16H21N3O2/c1-9-14(12(4)20)11(3)18-15(9)16(21)19-10(2)13-7-5-6-8-17-13/h5-8,10,12,18,20H,1-4H3,(H,19,21)/t10-,12+/m0/s1. The van der Waals surface area contributed by atoms with Gasteiger partial charge in [0.25, 0.3) is 5.91 Å². The minimum absolute atomic E-state index is 0.184. The highest BCUT2D eigenvalue weighted by Gasteiger charge is 2.21. The summed E-state index contributed by atoms with van der Waals surface area (Å²) in [5.74, 6) is -0.194. The minimum atomic E-state index is -0.601. The smallest absolute Gasteiger partial charge is 0.268 e. The van der Waals surface area contributed by atoms with Gasteiger partial charge in [0.15, 0.2) is 0 Å². The first-order valence-corrected chi connectivity index (χ1v) is 7.00. The largest absolute Gasteiger partial charge is 0.389 e. The number of aromatic amines is 1. The summed E-state index contributed by atoms with van der Waals surface area (Å²) in [6.45, 7) is 7.28. The lowest BCUT2D eigenvalue weighted by molar-refractivity contribution is 0.0934. The van der Waals surface area contributed by atoms with E-state index >= 15 is 0 Å². The lowest BCUT2D eigenvalue weighted by Gasteiger charge is -2.13. The molecule has 0 aliphatic carbocycles. The summed E-state index contributed by atoms with van der Waals surface area (Å²) in [6, 6.07) is 5.42. The lowest BCUT2D eigenvalue weighted by atomic mass is 10.1. The second-order valence-electron chi connectivity index (χ2n) is 5.29. The van der Waals surface area contributed by atoms with Gasteiger partial charge in [-0.1, -0.05) is 6.07 Å². The molecule has 3 N–H and O–H groups in total. The van der Waals surface area contributed by atoms with Gasteiger partial charge >= 0.3 is 0 Å². The lowest BCUT2D eigenvalue weighted by Crippen LogP contribution is -2.28. The van der Waals surface area contributed by atoms with Gasteiger partial charge < -0.3 is 15.4 Å². The Bertz CT molecular complexity index is 632. The zero-order chi connectivity index (χ0) is 15.6. The first kappa shape index (κ1) is 15.3. The van der Waals surface area contributed by atoms with Crippen LogP contribution in [0, 0.1) is 13.8 Å². The number of aromatic nitrogens is 2. The number of nitrogens with one attached hydrogen (secondary N) is 2. The molecule has 0 saturated carbocycles. The molecule has 112 valence electrons. The van der Waals surface area contributed by atoms with Gasteiger partial charge in [-0.3, -0.25) is 9.78 Å². The molecule has 2 aromatic rings. The summed E-state index contributed by atoms with van der Waals surface area (Å²) in [5.41, 5.74) is 3.69. The Kier molecular flexibility index (Phi) is 4.43. The molecule has 0 unspecified atom stereocenters. The van der Waals surface area contributed by atoms with Crippen LogP contribution in [0.2, 0.25) is 0 Å². The zero-order valence-electron chi connectivity index (χ0n) is 12.8. The summed E-state index contributed by atoms with van der Waals surface area (Å²) in [4.78, 5) is 19.7. The quantitative estimate of drug-likeness (QED) is 0.808. The fraction of sp³-hybridized carbons (Fsp3) is 0.375. The molecule has 0 aliphatic heterocycles. The van der Waals surface area contributed by atoms with E-state index in [4.69, 9.17) is 0 Å². The van der Waals surface area contributed by atoms with Crippen LogP contribution in [0.25, 0.3) is 0 Å². The molecular weight excluding hydrogens is 266 g/mol. The van der Waals surface area contributed by atoms with E-state index in [1.54, 1.807) is 13.1 Å². The van der Waals surface area contributed by atoms with E-state index < -0.39 is 6.10 Å². The number of H-pyrrole nitrogens is 1. The van der Waals surface area contributed by atoms with Crippen LogP contribution in [-0.2, 0) is 0 Å². The molecule has 21 heavy (non-hydrogen) atoms. The zero-order valence-corrected chi connectivity index (χ0v) is 12.8. The van der Waals surface area contributed by atoms with Crippen molar-refractivity contribution in [1.82, 2.24) is 15.3 Å². The first-order valence-electron chi connectivity index (χ1n) is 7.00. The summed E-state index contributed by atoms with van der Waals surface area (Å²) >= 11 is 0. The number of amides is 1. The predicted octanol–water partition coefficient (Wildman–Crippen LogP) is 2.57. The third kappa shape index (κ3) is 3.13. The van der Waals surface area contributed by atoms with Crippen LogP contribution in [0.1, 0.15) is 59.0 Å². The molecule has 2 atom stereocenters. The number of hydrogen-bond acceptors (Lipinski definition) is 3. The highest BCUT2D eigenvalue weighted by atomic mass is 16.3. The monoisotopic (exact) mass is 287 g/mol. The first-order chi connectivity index (χ1) is 9.91. The number of aryl methyl sites for hydroxylation is 1. The van der Waals surface area contributed by atoms with Gasteiger partial charge in [0.05, 0.1) is 17.8 Å². The molecule has 5 heteroatoms.